The first-order valence-electron chi connectivity index (χ1n) is 9.12. The molecule has 2 aromatic heterocycles. The lowest BCUT2D eigenvalue weighted by atomic mass is 10.1. The molecule has 2 heterocycles. The Balaban J connectivity index is 1.77. The summed E-state index contributed by atoms with van der Waals surface area (Å²) in [6, 6.07) is 10.9. The average molecular weight is 365 g/mol. The van der Waals surface area contributed by atoms with Gasteiger partial charge in [0.1, 0.15) is 0 Å². The molecule has 0 unspecified atom stereocenters. The maximum Gasteiger partial charge on any atom is 0.359 e. The zero-order valence-corrected chi connectivity index (χ0v) is 15.6. The summed E-state index contributed by atoms with van der Waals surface area (Å²) < 4.78 is 6.78. The van der Waals surface area contributed by atoms with Crippen molar-refractivity contribution in [3.63, 3.8) is 0 Å². The van der Waals surface area contributed by atoms with Crippen molar-refractivity contribution >= 4 is 16.7 Å². The van der Waals surface area contributed by atoms with E-state index in [0.29, 0.717) is 23.7 Å². The van der Waals surface area contributed by atoms with Crippen LogP contribution >= 0.6 is 0 Å². The second kappa shape index (κ2) is 8.58. The Hall–Kier alpha value is -3.02. The molecule has 27 heavy (non-hydrogen) atoms. The smallest absolute Gasteiger partial charge is 0.359 e. The lowest BCUT2D eigenvalue weighted by Gasteiger charge is -2.12. The van der Waals surface area contributed by atoms with Crippen LogP contribution in [0.15, 0.2) is 53.6 Å². The Morgan fingerprint density at radius 1 is 1.15 bits per heavy atom. The van der Waals surface area contributed by atoms with Gasteiger partial charge in [-0.3, -0.25) is 9.78 Å². The number of hydrogen-bond donors (Lipinski definition) is 0. The lowest BCUT2D eigenvalue weighted by Crippen LogP contribution is -2.28. The first-order chi connectivity index (χ1) is 13.1. The van der Waals surface area contributed by atoms with Crippen LogP contribution in [0.25, 0.3) is 10.8 Å². The molecule has 0 atom stereocenters. The molecule has 0 N–H and O–H groups in total. The second-order valence-corrected chi connectivity index (χ2v) is 6.88. The van der Waals surface area contributed by atoms with Crippen molar-refractivity contribution in [1.29, 1.82) is 0 Å². The van der Waals surface area contributed by atoms with E-state index in [1.807, 2.05) is 26.0 Å². The number of rotatable bonds is 7. The third kappa shape index (κ3) is 4.58. The number of fused-ring (bicyclic) bond motifs is 1. The lowest BCUT2D eigenvalue weighted by molar-refractivity contribution is 0.0493. The Morgan fingerprint density at radius 2 is 1.93 bits per heavy atom. The van der Waals surface area contributed by atoms with Gasteiger partial charge in [0.05, 0.1) is 12.0 Å². The van der Waals surface area contributed by atoms with Gasteiger partial charge in [-0.15, -0.1) is 0 Å². The van der Waals surface area contributed by atoms with Crippen molar-refractivity contribution in [3.05, 3.63) is 70.4 Å². The van der Waals surface area contributed by atoms with E-state index < -0.39 is 5.97 Å². The van der Waals surface area contributed by atoms with Crippen LogP contribution in [-0.4, -0.2) is 27.3 Å². The van der Waals surface area contributed by atoms with Gasteiger partial charge in [0.2, 0.25) is 0 Å². The van der Waals surface area contributed by atoms with Gasteiger partial charge in [-0.05, 0) is 36.5 Å². The molecule has 140 valence electrons. The number of carbonyl (C=O) groups excluding carboxylic acids is 1. The highest BCUT2D eigenvalue weighted by molar-refractivity contribution is 6.02. The van der Waals surface area contributed by atoms with Crippen LogP contribution < -0.4 is 5.56 Å². The Labute approximate surface area is 157 Å². The zero-order chi connectivity index (χ0) is 19.2. The van der Waals surface area contributed by atoms with E-state index in [0.717, 1.165) is 12.0 Å². The van der Waals surface area contributed by atoms with Crippen LogP contribution in [0.4, 0.5) is 0 Å². The highest BCUT2D eigenvalue weighted by Gasteiger charge is 2.18. The molecule has 0 amide bonds. The molecule has 0 aliphatic heterocycles. The number of ether oxygens (including phenoxy) is 1. The average Bonchev–Trinajstić information content (AvgIpc) is 2.68. The summed E-state index contributed by atoms with van der Waals surface area (Å²) in [5, 5.41) is 5.31. The van der Waals surface area contributed by atoms with E-state index >= 15 is 0 Å². The van der Waals surface area contributed by atoms with Crippen molar-refractivity contribution in [3.8, 4) is 0 Å². The topological polar surface area (TPSA) is 74.1 Å². The molecule has 0 fully saturated rings. The maximum atomic E-state index is 12.6. The fraction of sp³-hybridized carbons (Fsp3) is 0.333. The van der Waals surface area contributed by atoms with Crippen molar-refractivity contribution in [2.75, 3.05) is 6.61 Å². The van der Waals surface area contributed by atoms with Crippen LogP contribution in [-0.2, 0) is 17.7 Å². The van der Waals surface area contributed by atoms with Crippen LogP contribution in [0.3, 0.4) is 0 Å². The fourth-order valence-electron chi connectivity index (χ4n) is 2.91. The molecule has 6 nitrogen and oxygen atoms in total. The summed E-state index contributed by atoms with van der Waals surface area (Å²) in [4.78, 5) is 29.3. The molecule has 0 bridgehead atoms. The summed E-state index contributed by atoms with van der Waals surface area (Å²) in [6.45, 7) is 4.73. The highest BCUT2D eigenvalue weighted by Crippen LogP contribution is 2.15. The molecule has 6 heteroatoms. The Bertz CT molecular complexity index is 981. The van der Waals surface area contributed by atoms with Gasteiger partial charge in [0, 0.05) is 24.3 Å². The van der Waals surface area contributed by atoms with Crippen molar-refractivity contribution in [2.45, 2.75) is 33.2 Å². The van der Waals surface area contributed by atoms with Crippen molar-refractivity contribution in [2.24, 2.45) is 5.92 Å². The van der Waals surface area contributed by atoms with E-state index in [-0.39, 0.29) is 23.8 Å². The largest absolute Gasteiger partial charge is 0.461 e. The highest BCUT2D eigenvalue weighted by atomic mass is 16.5. The molecule has 0 saturated carbocycles. The summed E-state index contributed by atoms with van der Waals surface area (Å²) in [7, 11) is 0. The molecule has 3 aromatic rings. The summed E-state index contributed by atoms with van der Waals surface area (Å²) >= 11 is 0. The Kier molecular flexibility index (Phi) is 5.96. The van der Waals surface area contributed by atoms with Crippen LogP contribution in [0.2, 0.25) is 0 Å². The third-order valence-electron chi connectivity index (χ3n) is 4.16. The van der Waals surface area contributed by atoms with Crippen LogP contribution in [0, 0.1) is 5.92 Å². The van der Waals surface area contributed by atoms with E-state index in [4.69, 9.17) is 4.74 Å². The molecule has 0 radical (unpaired) electrons. The first-order valence-corrected chi connectivity index (χ1v) is 9.12. The number of carbonyl (C=O) groups is 1. The molecule has 0 spiro atoms. The minimum absolute atomic E-state index is 0.187. The number of pyridine rings is 1. The molecule has 0 saturated heterocycles. The second-order valence-electron chi connectivity index (χ2n) is 6.88. The van der Waals surface area contributed by atoms with E-state index in [9.17, 15) is 9.59 Å². The quantitative estimate of drug-likeness (QED) is 0.475. The number of aryl methyl sites for hydroxylation is 1. The van der Waals surface area contributed by atoms with Gasteiger partial charge in [-0.1, -0.05) is 38.1 Å². The van der Waals surface area contributed by atoms with Crippen molar-refractivity contribution in [1.82, 2.24) is 14.8 Å². The number of benzene rings is 1. The van der Waals surface area contributed by atoms with Gasteiger partial charge in [0.25, 0.3) is 5.56 Å². The third-order valence-corrected chi connectivity index (χ3v) is 4.16. The van der Waals surface area contributed by atoms with Crippen LogP contribution in [0.5, 0.6) is 0 Å². The minimum Gasteiger partial charge on any atom is -0.461 e. The van der Waals surface area contributed by atoms with Gasteiger partial charge < -0.3 is 4.74 Å². The summed E-state index contributed by atoms with van der Waals surface area (Å²) in [5.74, 6) is -0.269. The van der Waals surface area contributed by atoms with E-state index in [1.165, 1.54) is 4.68 Å². The number of esters is 1. The molecule has 1 aromatic carbocycles. The first kappa shape index (κ1) is 18.8. The minimum atomic E-state index is -0.505. The molecule has 0 aliphatic carbocycles. The molecular weight excluding hydrogens is 342 g/mol. The fourth-order valence-corrected chi connectivity index (χ4v) is 2.91. The SMILES string of the molecule is CC(C)Cn1nc(C(=O)OCCCc2cccnc2)c2ccccc2c1=O. The predicted molar refractivity (Wildman–Crippen MR) is 104 cm³/mol. The molecular formula is C21H23N3O3. The van der Waals surface area contributed by atoms with Gasteiger partial charge in [-0.2, -0.15) is 5.10 Å². The number of aromatic nitrogens is 3. The molecule has 3 rings (SSSR count). The summed E-state index contributed by atoms with van der Waals surface area (Å²) in [5.41, 5.74) is 1.10. The van der Waals surface area contributed by atoms with E-state index in [2.05, 4.69) is 10.1 Å². The molecule has 0 aliphatic rings. The van der Waals surface area contributed by atoms with Crippen molar-refractivity contribution < 1.29 is 9.53 Å². The number of hydrogen-bond acceptors (Lipinski definition) is 5. The van der Waals surface area contributed by atoms with E-state index in [1.54, 1.807) is 36.7 Å². The van der Waals surface area contributed by atoms with Gasteiger partial charge in [0.15, 0.2) is 5.69 Å². The Morgan fingerprint density at radius 3 is 2.63 bits per heavy atom. The predicted octanol–water partition coefficient (Wildman–Crippen LogP) is 3.24. The summed E-state index contributed by atoms with van der Waals surface area (Å²) in [6.07, 6.45) is 5.01. The number of nitrogens with zero attached hydrogens (tertiary/aromatic N) is 3. The van der Waals surface area contributed by atoms with Crippen LogP contribution in [0.1, 0.15) is 36.3 Å². The monoisotopic (exact) mass is 365 g/mol. The zero-order valence-electron chi connectivity index (χ0n) is 15.6. The standard InChI is InChI=1S/C21H23N3O3/c1-15(2)14-24-20(25)18-10-4-3-9-17(18)19(23-24)21(26)27-12-6-8-16-7-5-11-22-13-16/h3-5,7,9-11,13,15H,6,8,12,14H2,1-2H3. The van der Waals surface area contributed by atoms with Gasteiger partial charge >= 0.3 is 5.97 Å². The van der Waals surface area contributed by atoms with Gasteiger partial charge in [-0.25, -0.2) is 9.48 Å². The maximum absolute atomic E-state index is 12.6. The normalized spacial score (nSPS) is 11.1.